The van der Waals surface area contributed by atoms with Gasteiger partial charge in [-0.15, -0.1) is 0 Å². The maximum absolute atomic E-state index is 5.57. The van der Waals surface area contributed by atoms with Crippen molar-refractivity contribution in [2.24, 2.45) is 13.0 Å². The van der Waals surface area contributed by atoms with Gasteiger partial charge in [0.1, 0.15) is 0 Å². The molecule has 0 saturated carbocycles. The Balaban J connectivity index is 1.90. The van der Waals surface area contributed by atoms with Gasteiger partial charge in [0.25, 0.3) is 0 Å². The Hall–Kier alpha value is -1.32. The Labute approximate surface area is 107 Å². The zero-order chi connectivity index (χ0) is 12.2. The Kier molecular flexibility index (Phi) is 2.11. The number of aryl methyl sites for hydroxylation is 1. The third kappa shape index (κ3) is 1.21. The van der Waals surface area contributed by atoms with Crippen molar-refractivity contribution in [2.75, 3.05) is 26.3 Å². The Morgan fingerprint density at radius 2 is 2.06 bits per heavy atom. The molecule has 2 fully saturated rings. The van der Waals surface area contributed by atoms with E-state index in [2.05, 4.69) is 47.4 Å². The van der Waals surface area contributed by atoms with Crippen molar-refractivity contribution >= 4 is 10.9 Å². The number of rotatable bonds is 2. The van der Waals surface area contributed by atoms with Crippen LogP contribution in [0.25, 0.3) is 10.9 Å². The van der Waals surface area contributed by atoms with E-state index >= 15 is 0 Å². The summed E-state index contributed by atoms with van der Waals surface area (Å²) in [6.07, 6.45) is 2.31. The van der Waals surface area contributed by atoms with E-state index in [1.165, 1.54) is 16.5 Å². The lowest BCUT2D eigenvalue weighted by atomic mass is 9.66. The van der Waals surface area contributed by atoms with Crippen molar-refractivity contribution in [2.45, 2.75) is 5.41 Å². The van der Waals surface area contributed by atoms with E-state index in [0.717, 1.165) is 32.2 Å². The molecule has 3 nitrogen and oxygen atoms in total. The fraction of sp³-hybridized carbons (Fsp3) is 0.467. The molecule has 1 aromatic carbocycles. The third-order valence-corrected chi connectivity index (χ3v) is 4.72. The summed E-state index contributed by atoms with van der Waals surface area (Å²) in [6.45, 7) is 4.03. The Morgan fingerprint density at radius 1 is 1.28 bits per heavy atom. The first kappa shape index (κ1) is 10.6. The van der Waals surface area contributed by atoms with Gasteiger partial charge in [-0.3, -0.25) is 0 Å². The standard InChI is InChI=1S/C15H18N2O/c1-17-8-13(12-4-2-3-5-14(12)17)15(9-18-10-15)11-6-16-7-11/h2-5,8,11,16H,6-7,9-10H2,1H3. The summed E-state index contributed by atoms with van der Waals surface area (Å²) in [5, 5.41) is 4.80. The molecular weight excluding hydrogens is 224 g/mol. The topological polar surface area (TPSA) is 26.2 Å². The summed E-state index contributed by atoms with van der Waals surface area (Å²) in [5.41, 5.74) is 3.07. The monoisotopic (exact) mass is 242 g/mol. The smallest absolute Gasteiger partial charge is 0.0590 e. The van der Waals surface area contributed by atoms with Gasteiger partial charge in [0.2, 0.25) is 0 Å². The molecule has 4 rings (SSSR count). The lowest BCUT2D eigenvalue weighted by molar-refractivity contribution is -0.100. The molecule has 18 heavy (non-hydrogen) atoms. The second kappa shape index (κ2) is 3.59. The van der Waals surface area contributed by atoms with Crippen molar-refractivity contribution in [3.05, 3.63) is 36.0 Å². The highest BCUT2D eigenvalue weighted by atomic mass is 16.5. The minimum atomic E-state index is 0.256. The van der Waals surface area contributed by atoms with E-state index in [1.807, 2.05) is 0 Å². The molecule has 0 spiro atoms. The van der Waals surface area contributed by atoms with Crippen LogP contribution in [0.2, 0.25) is 0 Å². The zero-order valence-corrected chi connectivity index (χ0v) is 10.6. The van der Waals surface area contributed by atoms with Crippen LogP contribution < -0.4 is 5.32 Å². The summed E-state index contributed by atoms with van der Waals surface area (Å²) < 4.78 is 7.82. The minimum absolute atomic E-state index is 0.256. The fourth-order valence-electron chi connectivity index (χ4n) is 3.35. The van der Waals surface area contributed by atoms with Crippen LogP contribution in [-0.2, 0) is 17.2 Å². The Bertz CT molecular complexity index is 594. The summed E-state index contributed by atoms with van der Waals surface area (Å²) in [7, 11) is 2.14. The van der Waals surface area contributed by atoms with E-state index in [1.54, 1.807) is 0 Å². The molecular formula is C15H18N2O. The highest BCUT2D eigenvalue weighted by molar-refractivity contribution is 5.85. The molecule has 1 aromatic heterocycles. The quantitative estimate of drug-likeness (QED) is 0.867. The van der Waals surface area contributed by atoms with Crippen LogP contribution in [0.15, 0.2) is 30.5 Å². The molecule has 0 bridgehead atoms. The minimum Gasteiger partial charge on any atom is -0.379 e. The van der Waals surface area contributed by atoms with Gasteiger partial charge in [-0.05, 0) is 17.5 Å². The highest BCUT2D eigenvalue weighted by Crippen LogP contribution is 2.44. The number of para-hydroxylation sites is 1. The van der Waals surface area contributed by atoms with Crippen LogP contribution in [0.5, 0.6) is 0 Å². The number of hydrogen-bond donors (Lipinski definition) is 1. The lowest BCUT2D eigenvalue weighted by Gasteiger charge is -2.51. The first-order valence-corrected chi connectivity index (χ1v) is 6.64. The number of ether oxygens (including phenoxy) is 1. The average Bonchev–Trinajstić information content (AvgIpc) is 2.60. The molecule has 1 N–H and O–H groups in total. The van der Waals surface area contributed by atoms with Gasteiger partial charge in [0, 0.05) is 42.7 Å². The van der Waals surface area contributed by atoms with Gasteiger partial charge < -0.3 is 14.6 Å². The zero-order valence-electron chi connectivity index (χ0n) is 10.6. The number of nitrogens with zero attached hydrogens (tertiary/aromatic N) is 1. The highest BCUT2D eigenvalue weighted by Gasteiger charge is 2.50. The Morgan fingerprint density at radius 3 is 2.67 bits per heavy atom. The molecule has 0 radical (unpaired) electrons. The normalized spacial score (nSPS) is 22.7. The first-order chi connectivity index (χ1) is 8.81. The van der Waals surface area contributed by atoms with Gasteiger partial charge in [-0.25, -0.2) is 0 Å². The lowest BCUT2D eigenvalue weighted by Crippen LogP contribution is -2.62. The predicted octanol–water partition coefficient (Wildman–Crippen LogP) is 1.67. The first-order valence-electron chi connectivity index (χ1n) is 6.64. The van der Waals surface area contributed by atoms with Gasteiger partial charge in [0.15, 0.2) is 0 Å². The number of benzene rings is 1. The van der Waals surface area contributed by atoms with E-state index in [4.69, 9.17) is 4.74 Å². The molecule has 0 atom stereocenters. The van der Waals surface area contributed by atoms with Crippen LogP contribution in [0.3, 0.4) is 0 Å². The van der Waals surface area contributed by atoms with Gasteiger partial charge >= 0.3 is 0 Å². The van der Waals surface area contributed by atoms with E-state index in [-0.39, 0.29) is 5.41 Å². The maximum atomic E-state index is 5.57. The molecule has 3 heterocycles. The van der Waals surface area contributed by atoms with Crippen molar-refractivity contribution in [3.8, 4) is 0 Å². The molecule has 2 aromatic rings. The fourth-order valence-corrected chi connectivity index (χ4v) is 3.35. The van der Waals surface area contributed by atoms with Gasteiger partial charge in [-0.1, -0.05) is 18.2 Å². The maximum Gasteiger partial charge on any atom is 0.0590 e. The molecule has 2 saturated heterocycles. The van der Waals surface area contributed by atoms with Crippen LogP contribution >= 0.6 is 0 Å². The van der Waals surface area contributed by atoms with Crippen molar-refractivity contribution in [1.82, 2.24) is 9.88 Å². The molecule has 0 amide bonds. The molecule has 0 unspecified atom stereocenters. The molecule has 3 heteroatoms. The summed E-state index contributed by atoms with van der Waals surface area (Å²) >= 11 is 0. The van der Waals surface area contributed by atoms with Crippen molar-refractivity contribution in [3.63, 3.8) is 0 Å². The van der Waals surface area contributed by atoms with E-state index in [0.29, 0.717) is 0 Å². The summed E-state index contributed by atoms with van der Waals surface area (Å²) in [6, 6.07) is 8.70. The summed E-state index contributed by atoms with van der Waals surface area (Å²) in [4.78, 5) is 0. The van der Waals surface area contributed by atoms with E-state index < -0.39 is 0 Å². The number of hydrogen-bond acceptors (Lipinski definition) is 2. The largest absolute Gasteiger partial charge is 0.379 e. The van der Waals surface area contributed by atoms with Gasteiger partial charge in [-0.2, -0.15) is 0 Å². The van der Waals surface area contributed by atoms with Crippen molar-refractivity contribution < 1.29 is 4.74 Å². The van der Waals surface area contributed by atoms with Crippen molar-refractivity contribution in [1.29, 1.82) is 0 Å². The van der Waals surface area contributed by atoms with Crippen LogP contribution in [0.4, 0.5) is 0 Å². The second-order valence-corrected chi connectivity index (χ2v) is 5.67. The third-order valence-electron chi connectivity index (χ3n) is 4.72. The molecule has 2 aliphatic rings. The van der Waals surface area contributed by atoms with Gasteiger partial charge in [0.05, 0.1) is 13.2 Å². The number of fused-ring (bicyclic) bond motifs is 1. The average molecular weight is 242 g/mol. The molecule has 0 aliphatic carbocycles. The van der Waals surface area contributed by atoms with Crippen LogP contribution in [0.1, 0.15) is 5.56 Å². The summed E-state index contributed by atoms with van der Waals surface area (Å²) in [5.74, 6) is 0.733. The molecule has 94 valence electrons. The number of nitrogens with one attached hydrogen (secondary N) is 1. The van der Waals surface area contributed by atoms with Crippen LogP contribution in [-0.4, -0.2) is 30.9 Å². The molecule has 2 aliphatic heterocycles. The van der Waals surface area contributed by atoms with E-state index in [9.17, 15) is 0 Å². The predicted molar refractivity (Wildman–Crippen MR) is 71.8 cm³/mol. The SMILES string of the molecule is Cn1cc(C2(C3CNC3)COC2)c2ccccc21. The second-order valence-electron chi connectivity index (χ2n) is 5.67. The number of aromatic nitrogens is 1. The van der Waals surface area contributed by atoms with Crippen LogP contribution in [0, 0.1) is 5.92 Å².